The number of carboxylic acid groups (broad SMARTS) is 1. The number of benzene rings is 2. The number of nitrogens with zero attached hydrogens (tertiary/aromatic N) is 1. The van der Waals surface area contributed by atoms with Gasteiger partial charge in [-0.05, 0) is 55.0 Å². The van der Waals surface area contributed by atoms with Gasteiger partial charge in [-0.15, -0.1) is 0 Å². The van der Waals surface area contributed by atoms with Gasteiger partial charge in [0.2, 0.25) is 0 Å². The van der Waals surface area contributed by atoms with Crippen molar-refractivity contribution in [2.75, 3.05) is 7.11 Å². The van der Waals surface area contributed by atoms with Crippen molar-refractivity contribution in [3.63, 3.8) is 0 Å². The predicted octanol–water partition coefficient (Wildman–Crippen LogP) is 5.32. The van der Waals surface area contributed by atoms with Crippen LogP contribution in [0.3, 0.4) is 0 Å². The second kappa shape index (κ2) is 6.04. The van der Waals surface area contributed by atoms with E-state index in [1.807, 2.05) is 25.1 Å². The molecule has 4 rings (SSSR count). The van der Waals surface area contributed by atoms with Gasteiger partial charge in [0, 0.05) is 15.8 Å². The lowest BCUT2D eigenvalue weighted by molar-refractivity contribution is 0.0699. The predicted molar refractivity (Wildman–Crippen MR) is 100 cm³/mol. The van der Waals surface area contributed by atoms with Crippen LogP contribution in [0.5, 0.6) is 5.75 Å². The lowest BCUT2D eigenvalue weighted by atomic mass is 10.0. The highest BCUT2D eigenvalue weighted by molar-refractivity contribution is 6.31. The molecule has 130 valence electrons. The van der Waals surface area contributed by atoms with Crippen LogP contribution >= 0.6 is 11.6 Å². The highest BCUT2D eigenvalue weighted by Gasteiger charge is 2.17. The van der Waals surface area contributed by atoms with Crippen molar-refractivity contribution in [3.8, 4) is 17.2 Å². The number of pyridine rings is 1. The van der Waals surface area contributed by atoms with Crippen LogP contribution in [0.25, 0.3) is 33.3 Å². The van der Waals surface area contributed by atoms with Gasteiger partial charge in [0.15, 0.2) is 5.76 Å². The number of carbonyl (C=O) groups is 1. The first-order valence-corrected chi connectivity index (χ1v) is 8.26. The molecule has 0 aliphatic heterocycles. The van der Waals surface area contributed by atoms with Crippen molar-refractivity contribution >= 4 is 39.4 Å². The molecule has 0 amide bonds. The van der Waals surface area contributed by atoms with Crippen LogP contribution < -0.4 is 4.74 Å². The molecular weight excluding hydrogens is 354 g/mol. The number of halogens is 1. The van der Waals surface area contributed by atoms with Crippen LogP contribution in [-0.4, -0.2) is 23.2 Å². The average molecular weight is 368 g/mol. The molecule has 0 aliphatic rings. The molecule has 0 unspecified atom stereocenters. The number of aromatic nitrogens is 1. The summed E-state index contributed by atoms with van der Waals surface area (Å²) >= 11 is 6.09. The number of methoxy groups -OCH3 is 1. The summed E-state index contributed by atoms with van der Waals surface area (Å²) in [5.74, 6) is 0.165. The molecule has 0 spiro atoms. The SMILES string of the molecule is COc1ccc2oc(-c3cc(C(=O)O)c4cc(Cl)cc(C)c4n3)cc2c1. The minimum atomic E-state index is -1.04. The number of ether oxygens (including phenoxy) is 1. The second-order valence-corrected chi connectivity index (χ2v) is 6.43. The van der Waals surface area contributed by atoms with E-state index in [0.717, 1.165) is 10.9 Å². The minimum absolute atomic E-state index is 0.133. The van der Waals surface area contributed by atoms with Crippen LogP contribution in [0.15, 0.2) is 46.9 Å². The normalized spacial score (nSPS) is 11.2. The van der Waals surface area contributed by atoms with Gasteiger partial charge in [0.05, 0.1) is 18.2 Å². The summed E-state index contributed by atoms with van der Waals surface area (Å²) in [6, 6.07) is 12.2. The first-order valence-electron chi connectivity index (χ1n) is 7.88. The number of rotatable bonds is 3. The molecule has 4 aromatic rings. The Balaban J connectivity index is 1.98. The molecule has 1 N–H and O–H groups in total. The number of fused-ring (bicyclic) bond motifs is 2. The molecule has 0 radical (unpaired) electrons. The van der Waals surface area contributed by atoms with Gasteiger partial charge in [0.1, 0.15) is 17.0 Å². The zero-order chi connectivity index (χ0) is 18.4. The smallest absolute Gasteiger partial charge is 0.336 e. The summed E-state index contributed by atoms with van der Waals surface area (Å²) in [6.07, 6.45) is 0. The Morgan fingerprint density at radius 1 is 1.19 bits per heavy atom. The lowest BCUT2D eigenvalue weighted by Crippen LogP contribution is -2.01. The van der Waals surface area contributed by atoms with Gasteiger partial charge in [0.25, 0.3) is 0 Å². The van der Waals surface area contributed by atoms with E-state index in [1.54, 1.807) is 25.3 Å². The highest BCUT2D eigenvalue weighted by Crippen LogP contribution is 2.33. The summed E-state index contributed by atoms with van der Waals surface area (Å²) in [7, 11) is 1.60. The molecule has 6 heteroatoms. The fourth-order valence-corrected chi connectivity index (χ4v) is 3.31. The lowest BCUT2D eigenvalue weighted by Gasteiger charge is -2.08. The Morgan fingerprint density at radius 3 is 2.73 bits per heavy atom. The Labute approximate surface area is 153 Å². The van der Waals surface area contributed by atoms with Gasteiger partial charge < -0.3 is 14.3 Å². The van der Waals surface area contributed by atoms with Gasteiger partial charge >= 0.3 is 5.97 Å². The van der Waals surface area contributed by atoms with E-state index >= 15 is 0 Å². The first kappa shape index (κ1) is 16.4. The molecule has 0 bridgehead atoms. The number of furan rings is 1. The molecule has 26 heavy (non-hydrogen) atoms. The number of aryl methyl sites for hydroxylation is 1. The Bertz CT molecular complexity index is 1180. The Morgan fingerprint density at radius 2 is 2.00 bits per heavy atom. The van der Waals surface area contributed by atoms with E-state index in [4.69, 9.17) is 20.8 Å². The Kier molecular flexibility index (Phi) is 3.81. The average Bonchev–Trinajstić information content (AvgIpc) is 3.03. The van der Waals surface area contributed by atoms with E-state index in [9.17, 15) is 9.90 Å². The summed E-state index contributed by atoms with van der Waals surface area (Å²) in [6.45, 7) is 1.85. The molecule has 2 heterocycles. The molecule has 0 aliphatic carbocycles. The zero-order valence-corrected chi connectivity index (χ0v) is 14.8. The first-order chi connectivity index (χ1) is 12.5. The molecule has 0 saturated heterocycles. The maximum absolute atomic E-state index is 11.8. The summed E-state index contributed by atoms with van der Waals surface area (Å²) in [4.78, 5) is 16.4. The molecule has 2 aromatic heterocycles. The van der Waals surface area contributed by atoms with Crippen molar-refractivity contribution in [1.29, 1.82) is 0 Å². The van der Waals surface area contributed by atoms with Crippen molar-refractivity contribution in [2.24, 2.45) is 0 Å². The minimum Gasteiger partial charge on any atom is -0.497 e. The van der Waals surface area contributed by atoms with E-state index in [-0.39, 0.29) is 5.56 Å². The number of carboxylic acids is 1. The van der Waals surface area contributed by atoms with Crippen molar-refractivity contribution in [2.45, 2.75) is 6.92 Å². The monoisotopic (exact) mass is 367 g/mol. The van der Waals surface area contributed by atoms with Crippen LogP contribution in [-0.2, 0) is 0 Å². The van der Waals surface area contributed by atoms with Gasteiger partial charge in [-0.1, -0.05) is 11.6 Å². The highest BCUT2D eigenvalue weighted by atomic mass is 35.5. The number of hydrogen-bond donors (Lipinski definition) is 1. The maximum atomic E-state index is 11.8. The van der Waals surface area contributed by atoms with E-state index in [0.29, 0.717) is 38.7 Å². The van der Waals surface area contributed by atoms with Crippen LogP contribution in [0.1, 0.15) is 15.9 Å². The van der Waals surface area contributed by atoms with Gasteiger partial charge in [-0.25, -0.2) is 9.78 Å². The van der Waals surface area contributed by atoms with Crippen LogP contribution in [0.2, 0.25) is 5.02 Å². The molecule has 0 fully saturated rings. The van der Waals surface area contributed by atoms with Gasteiger partial charge in [-0.3, -0.25) is 0 Å². The summed E-state index contributed by atoms with van der Waals surface area (Å²) < 4.78 is 11.1. The molecule has 0 saturated carbocycles. The molecule has 0 atom stereocenters. The van der Waals surface area contributed by atoms with Crippen molar-refractivity contribution in [3.05, 3.63) is 58.6 Å². The van der Waals surface area contributed by atoms with Crippen molar-refractivity contribution < 1.29 is 19.1 Å². The molecule has 5 nitrogen and oxygen atoms in total. The second-order valence-electron chi connectivity index (χ2n) is 5.99. The number of hydrogen-bond acceptors (Lipinski definition) is 4. The topological polar surface area (TPSA) is 72.6 Å². The van der Waals surface area contributed by atoms with Gasteiger partial charge in [-0.2, -0.15) is 0 Å². The largest absolute Gasteiger partial charge is 0.497 e. The maximum Gasteiger partial charge on any atom is 0.336 e. The third kappa shape index (κ3) is 2.66. The fraction of sp³-hybridized carbons (Fsp3) is 0.100. The quantitative estimate of drug-likeness (QED) is 0.530. The molecular formula is C20H14ClNO4. The van der Waals surface area contributed by atoms with Crippen molar-refractivity contribution in [1.82, 2.24) is 4.98 Å². The van der Waals surface area contributed by atoms with E-state index in [1.165, 1.54) is 6.07 Å². The van der Waals surface area contributed by atoms with E-state index < -0.39 is 5.97 Å². The summed E-state index contributed by atoms with van der Waals surface area (Å²) in [5, 5.41) is 11.5. The molecule has 2 aromatic carbocycles. The third-order valence-corrected chi connectivity index (χ3v) is 4.49. The zero-order valence-electron chi connectivity index (χ0n) is 14.0. The summed E-state index contributed by atoms with van der Waals surface area (Å²) in [5.41, 5.74) is 2.65. The Hall–Kier alpha value is -3.05. The third-order valence-electron chi connectivity index (χ3n) is 4.28. The van der Waals surface area contributed by atoms with E-state index in [2.05, 4.69) is 4.98 Å². The standard InChI is InChI=1S/C20H14ClNO4/c1-10-5-12(21)8-14-15(20(23)24)9-16(22-19(10)14)18-7-11-6-13(25-2)3-4-17(11)26-18/h3-9H,1-2H3,(H,23,24). The fourth-order valence-electron chi connectivity index (χ4n) is 3.03. The van der Waals surface area contributed by atoms with Crippen LogP contribution in [0, 0.1) is 6.92 Å². The number of aromatic carboxylic acids is 1. The van der Waals surface area contributed by atoms with Crippen LogP contribution in [0.4, 0.5) is 0 Å².